The van der Waals surface area contributed by atoms with E-state index >= 15 is 0 Å². The van der Waals surface area contributed by atoms with Gasteiger partial charge in [-0.25, -0.2) is 0 Å². The normalized spacial score (nSPS) is 16.4. The number of aromatic nitrogens is 1. The molecule has 1 fully saturated rings. The van der Waals surface area contributed by atoms with Crippen LogP contribution in [0.2, 0.25) is 0 Å². The van der Waals surface area contributed by atoms with E-state index < -0.39 is 0 Å². The summed E-state index contributed by atoms with van der Waals surface area (Å²) in [5.74, 6) is 0.732. The summed E-state index contributed by atoms with van der Waals surface area (Å²) in [6.45, 7) is 0.821. The fraction of sp³-hybridized carbons (Fsp3) is 0.471. The summed E-state index contributed by atoms with van der Waals surface area (Å²) in [4.78, 5) is 12.4. The number of aryl methyl sites for hydroxylation is 1. The van der Waals surface area contributed by atoms with Crippen molar-refractivity contribution in [1.82, 2.24) is 9.88 Å². The first kappa shape index (κ1) is 13.2. The number of hydrogen-bond acceptors (Lipinski definition) is 1. The zero-order valence-corrected chi connectivity index (χ0v) is 12.1. The van der Waals surface area contributed by atoms with Crippen LogP contribution in [0.3, 0.4) is 0 Å². The first-order valence-corrected chi connectivity index (χ1v) is 7.58. The van der Waals surface area contributed by atoms with E-state index in [1.807, 2.05) is 42.1 Å². The summed E-state index contributed by atoms with van der Waals surface area (Å²) in [5, 5.41) is 4.16. The predicted molar refractivity (Wildman–Crippen MR) is 81.8 cm³/mol. The molecule has 20 heavy (non-hydrogen) atoms. The van der Waals surface area contributed by atoms with Gasteiger partial charge in [-0.05, 0) is 24.8 Å². The highest BCUT2D eigenvalue weighted by atomic mass is 16.1. The van der Waals surface area contributed by atoms with Crippen LogP contribution < -0.4 is 5.32 Å². The highest BCUT2D eigenvalue weighted by Gasteiger charge is 2.17. The topological polar surface area (TPSA) is 34.0 Å². The number of nitrogens with one attached hydrogen (secondary N) is 1. The van der Waals surface area contributed by atoms with Crippen LogP contribution in [0, 0.1) is 5.92 Å². The first-order chi connectivity index (χ1) is 9.75. The molecule has 1 aromatic heterocycles. The number of carbonyl (C=O) groups is 1. The monoisotopic (exact) mass is 270 g/mol. The highest BCUT2D eigenvalue weighted by Crippen LogP contribution is 2.23. The van der Waals surface area contributed by atoms with Crippen molar-refractivity contribution < 1.29 is 4.79 Å². The van der Waals surface area contributed by atoms with E-state index in [0.717, 1.165) is 23.0 Å². The second kappa shape index (κ2) is 5.70. The number of para-hydroxylation sites is 1. The smallest absolute Gasteiger partial charge is 0.253 e. The molecule has 1 aliphatic rings. The second-order valence-electron chi connectivity index (χ2n) is 5.88. The van der Waals surface area contributed by atoms with Crippen molar-refractivity contribution in [2.45, 2.75) is 32.1 Å². The van der Waals surface area contributed by atoms with Crippen LogP contribution in [0.15, 0.2) is 30.5 Å². The lowest BCUT2D eigenvalue weighted by atomic mass is 9.89. The molecule has 1 amide bonds. The van der Waals surface area contributed by atoms with Crippen molar-refractivity contribution in [1.29, 1.82) is 0 Å². The van der Waals surface area contributed by atoms with Gasteiger partial charge in [0.1, 0.15) is 0 Å². The zero-order chi connectivity index (χ0) is 13.9. The Bertz CT molecular complexity index is 608. The fourth-order valence-electron chi connectivity index (χ4n) is 3.25. The SMILES string of the molecule is Cn1cc(C(=O)NCC2CCCCC2)c2ccccc21. The third-order valence-electron chi connectivity index (χ3n) is 4.42. The number of nitrogens with zero attached hydrogens (tertiary/aromatic N) is 1. The number of fused-ring (bicyclic) bond motifs is 1. The number of amides is 1. The summed E-state index contributed by atoms with van der Waals surface area (Å²) in [7, 11) is 1.99. The van der Waals surface area contributed by atoms with Crippen molar-refractivity contribution in [2.24, 2.45) is 13.0 Å². The maximum absolute atomic E-state index is 12.4. The minimum absolute atomic E-state index is 0.0624. The molecule has 3 rings (SSSR count). The van der Waals surface area contributed by atoms with E-state index in [0.29, 0.717) is 5.92 Å². The zero-order valence-electron chi connectivity index (χ0n) is 12.1. The summed E-state index contributed by atoms with van der Waals surface area (Å²) in [6, 6.07) is 8.06. The Kier molecular flexibility index (Phi) is 3.77. The van der Waals surface area contributed by atoms with Crippen LogP contribution in [0.5, 0.6) is 0 Å². The molecular formula is C17H22N2O. The average molecular weight is 270 g/mol. The van der Waals surface area contributed by atoms with Crippen molar-refractivity contribution in [3.05, 3.63) is 36.0 Å². The van der Waals surface area contributed by atoms with E-state index in [1.54, 1.807) is 0 Å². The summed E-state index contributed by atoms with van der Waals surface area (Å²) in [6.07, 6.45) is 8.43. The summed E-state index contributed by atoms with van der Waals surface area (Å²) >= 11 is 0. The minimum Gasteiger partial charge on any atom is -0.352 e. The molecule has 3 nitrogen and oxygen atoms in total. The average Bonchev–Trinajstić information content (AvgIpc) is 2.84. The van der Waals surface area contributed by atoms with E-state index in [1.165, 1.54) is 32.1 Å². The number of carbonyl (C=O) groups excluding carboxylic acids is 1. The molecule has 0 saturated heterocycles. The Morgan fingerprint density at radius 1 is 1.25 bits per heavy atom. The van der Waals surface area contributed by atoms with Crippen LogP contribution >= 0.6 is 0 Å². The molecular weight excluding hydrogens is 248 g/mol. The molecule has 1 aromatic carbocycles. The standard InChI is InChI=1S/C17H22N2O/c1-19-12-15(14-9-5-6-10-16(14)19)17(20)18-11-13-7-3-2-4-8-13/h5-6,9-10,12-13H,2-4,7-8,11H2,1H3,(H,18,20). The van der Waals surface area contributed by atoms with Crippen molar-refractivity contribution in [2.75, 3.05) is 6.54 Å². The molecule has 0 atom stereocenters. The lowest BCUT2D eigenvalue weighted by Gasteiger charge is -2.21. The molecule has 0 aliphatic heterocycles. The largest absolute Gasteiger partial charge is 0.352 e. The molecule has 1 aliphatic carbocycles. The second-order valence-corrected chi connectivity index (χ2v) is 5.88. The van der Waals surface area contributed by atoms with Gasteiger partial charge in [-0.2, -0.15) is 0 Å². The van der Waals surface area contributed by atoms with E-state index in [2.05, 4.69) is 5.32 Å². The number of benzene rings is 1. The minimum atomic E-state index is 0.0624. The predicted octanol–water partition coefficient (Wildman–Crippen LogP) is 3.49. The molecule has 0 bridgehead atoms. The van der Waals surface area contributed by atoms with Crippen LogP contribution in [0.25, 0.3) is 10.9 Å². The van der Waals surface area contributed by atoms with Gasteiger partial charge in [-0.1, -0.05) is 37.5 Å². The molecule has 2 aromatic rings. The first-order valence-electron chi connectivity index (χ1n) is 7.58. The van der Waals surface area contributed by atoms with Crippen LogP contribution in [-0.2, 0) is 7.05 Å². The number of rotatable bonds is 3. The fourth-order valence-corrected chi connectivity index (χ4v) is 3.25. The Morgan fingerprint density at radius 3 is 2.80 bits per heavy atom. The van der Waals surface area contributed by atoms with Gasteiger partial charge in [0.15, 0.2) is 0 Å². The quantitative estimate of drug-likeness (QED) is 0.910. The Morgan fingerprint density at radius 2 is 2.00 bits per heavy atom. The van der Waals surface area contributed by atoms with E-state index in [9.17, 15) is 4.79 Å². The van der Waals surface area contributed by atoms with Crippen LogP contribution in [0.4, 0.5) is 0 Å². The summed E-state index contributed by atoms with van der Waals surface area (Å²) < 4.78 is 2.02. The molecule has 3 heteroatoms. The van der Waals surface area contributed by atoms with Crippen molar-refractivity contribution >= 4 is 16.8 Å². The molecule has 0 spiro atoms. The maximum atomic E-state index is 12.4. The molecule has 106 valence electrons. The van der Waals surface area contributed by atoms with Gasteiger partial charge in [0.05, 0.1) is 5.56 Å². The molecule has 1 heterocycles. The molecule has 1 N–H and O–H groups in total. The van der Waals surface area contributed by atoms with Gasteiger partial charge in [0, 0.05) is 30.7 Å². The van der Waals surface area contributed by atoms with Gasteiger partial charge >= 0.3 is 0 Å². The summed E-state index contributed by atoms with van der Waals surface area (Å²) in [5.41, 5.74) is 1.90. The van der Waals surface area contributed by atoms with Crippen LogP contribution in [-0.4, -0.2) is 17.0 Å². The molecule has 1 saturated carbocycles. The maximum Gasteiger partial charge on any atom is 0.253 e. The lowest BCUT2D eigenvalue weighted by Crippen LogP contribution is -2.30. The highest BCUT2D eigenvalue weighted by molar-refractivity contribution is 6.06. The molecule has 0 radical (unpaired) electrons. The van der Waals surface area contributed by atoms with Crippen molar-refractivity contribution in [3.8, 4) is 0 Å². The van der Waals surface area contributed by atoms with E-state index in [4.69, 9.17) is 0 Å². The Labute approximate surface area is 120 Å². The van der Waals surface area contributed by atoms with Gasteiger partial charge in [0.25, 0.3) is 5.91 Å². The van der Waals surface area contributed by atoms with Crippen molar-refractivity contribution in [3.63, 3.8) is 0 Å². The Hall–Kier alpha value is -1.77. The number of hydrogen-bond donors (Lipinski definition) is 1. The van der Waals surface area contributed by atoms with Gasteiger partial charge in [-0.15, -0.1) is 0 Å². The van der Waals surface area contributed by atoms with Gasteiger partial charge in [0.2, 0.25) is 0 Å². The molecule has 0 unspecified atom stereocenters. The van der Waals surface area contributed by atoms with E-state index in [-0.39, 0.29) is 5.91 Å². The van der Waals surface area contributed by atoms with Gasteiger partial charge < -0.3 is 9.88 Å². The Balaban J connectivity index is 1.72. The van der Waals surface area contributed by atoms with Gasteiger partial charge in [-0.3, -0.25) is 4.79 Å². The third-order valence-corrected chi connectivity index (χ3v) is 4.42. The lowest BCUT2D eigenvalue weighted by molar-refractivity contribution is 0.0945. The van der Waals surface area contributed by atoms with Crippen LogP contribution in [0.1, 0.15) is 42.5 Å². The third kappa shape index (κ3) is 2.58.